The molecule has 5 N–H and O–H groups in total. The van der Waals surface area contributed by atoms with Crippen molar-refractivity contribution in [2.75, 3.05) is 18.4 Å². The number of nitrogens with zero attached hydrogens (tertiary/aromatic N) is 2. The third-order valence-corrected chi connectivity index (χ3v) is 8.65. The SMILES string of the molecule is Cc1cccc(C)c1C(=O)Nc1[nH]c(=O)ncc1CC(NC(=O)NC1(C(=O)c2ccccc2)CCN(Cc2ccccc2)CC1)C(=O)O. The van der Waals surface area contributed by atoms with E-state index in [9.17, 15) is 29.1 Å². The molecule has 0 radical (unpaired) electrons. The van der Waals surface area contributed by atoms with Gasteiger partial charge in [0, 0.05) is 48.9 Å². The lowest BCUT2D eigenvalue weighted by molar-refractivity contribution is -0.139. The minimum atomic E-state index is -1.49. The number of likely N-dealkylation sites (tertiary alicyclic amines) is 1. The van der Waals surface area contributed by atoms with Crippen LogP contribution in [0.3, 0.4) is 0 Å². The van der Waals surface area contributed by atoms with Gasteiger partial charge in [-0.2, -0.15) is 0 Å². The number of ketones is 1. The molecule has 1 aliphatic rings. The number of anilines is 1. The summed E-state index contributed by atoms with van der Waals surface area (Å²) in [5, 5.41) is 18.1. The van der Waals surface area contributed by atoms with E-state index in [1.807, 2.05) is 36.4 Å². The molecule has 2 heterocycles. The Morgan fingerprint density at radius 3 is 2.17 bits per heavy atom. The molecule has 3 aromatic carbocycles. The number of aliphatic carboxylic acids is 1. The highest BCUT2D eigenvalue weighted by atomic mass is 16.4. The number of aryl methyl sites for hydroxylation is 2. The molecule has 1 aliphatic heterocycles. The van der Waals surface area contributed by atoms with Crippen molar-refractivity contribution >= 4 is 29.5 Å². The summed E-state index contributed by atoms with van der Waals surface area (Å²) in [5.74, 6) is -2.14. The monoisotopic (exact) mass is 650 g/mol. The van der Waals surface area contributed by atoms with E-state index in [0.717, 1.165) is 22.9 Å². The molecule has 1 fully saturated rings. The van der Waals surface area contributed by atoms with Crippen LogP contribution in [0.25, 0.3) is 0 Å². The highest BCUT2D eigenvalue weighted by molar-refractivity contribution is 6.06. The van der Waals surface area contributed by atoms with Gasteiger partial charge >= 0.3 is 17.7 Å². The first kappa shape index (κ1) is 33.7. The Morgan fingerprint density at radius 1 is 0.917 bits per heavy atom. The van der Waals surface area contributed by atoms with Crippen molar-refractivity contribution in [2.45, 2.75) is 51.2 Å². The van der Waals surface area contributed by atoms with E-state index in [1.165, 1.54) is 0 Å². The molecule has 3 amide bonds. The molecular weight excluding hydrogens is 612 g/mol. The number of nitrogens with one attached hydrogen (secondary N) is 4. The Morgan fingerprint density at radius 2 is 1.54 bits per heavy atom. The zero-order chi connectivity index (χ0) is 34.3. The number of Topliss-reactive ketones (excluding diaryl/α,β-unsaturated/α-hetero) is 1. The van der Waals surface area contributed by atoms with Gasteiger partial charge in [-0.25, -0.2) is 19.4 Å². The van der Waals surface area contributed by atoms with E-state index in [-0.39, 0.29) is 23.6 Å². The number of H-pyrrole nitrogens is 1. The molecule has 48 heavy (non-hydrogen) atoms. The molecule has 248 valence electrons. The van der Waals surface area contributed by atoms with Crippen LogP contribution in [0.5, 0.6) is 0 Å². The normalized spacial score (nSPS) is 14.8. The largest absolute Gasteiger partial charge is 0.480 e. The Bertz CT molecular complexity index is 1830. The average Bonchev–Trinajstić information content (AvgIpc) is 3.07. The summed E-state index contributed by atoms with van der Waals surface area (Å²) in [6, 6.07) is 21.7. The van der Waals surface area contributed by atoms with Crippen molar-refractivity contribution in [3.05, 3.63) is 129 Å². The third-order valence-electron chi connectivity index (χ3n) is 8.65. The lowest BCUT2D eigenvalue weighted by atomic mass is 9.80. The Hall–Kier alpha value is -5.62. The maximum Gasteiger partial charge on any atom is 0.346 e. The number of carboxylic acid groups (broad SMARTS) is 1. The maximum absolute atomic E-state index is 13.9. The first-order chi connectivity index (χ1) is 23.0. The van der Waals surface area contributed by atoms with Gasteiger partial charge in [0.2, 0.25) is 0 Å². The van der Waals surface area contributed by atoms with Crippen LogP contribution < -0.4 is 21.6 Å². The molecule has 1 unspecified atom stereocenters. The lowest BCUT2D eigenvalue weighted by Gasteiger charge is -2.41. The first-order valence-corrected chi connectivity index (χ1v) is 15.7. The van der Waals surface area contributed by atoms with Gasteiger partial charge in [0.1, 0.15) is 17.4 Å². The van der Waals surface area contributed by atoms with Gasteiger partial charge in [-0.3, -0.25) is 19.5 Å². The van der Waals surface area contributed by atoms with E-state index in [0.29, 0.717) is 43.6 Å². The van der Waals surface area contributed by atoms with Gasteiger partial charge in [0.05, 0.1) is 0 Å². The number of amides is 3. The Balaban J connectivity index is 1.33. The van der Waals surface area contributed by atoms with E-state index >= 15 is 0 Å². The fourth-order valence-corrected chi connectivity index (χ4v) is 6.08. The third kappa shape index (κ3) is 8.02. The number of carbonyl (C=O) groups is 4. The van der Waals surface area contributed by atoms with Crippen LogP contribution >= 0.6 is 0 Å². The first-order valence-electron chi connectivity index (χ1n) is 15.7. The molecule has 0 saturated carbocycles. The Kier molecular flexibility index (Phi) is 10.4. The van der Waals surface area contributed by atoms with Crippen LogP contribution in [0, 0.1) is 13.8 Å². The second kappa shape index (κ2) is 14.9. The number of aromatic nitrogens is 2. The summed E-state index contributed by atoms with van der Waals surface area (Å²) < 4.78 is 0. The minimum Gasteiger partial charge on any atom is -0.480 e. The highest BCUT2D eigenvalue weighted by Gasteiger charge is 2.43. The number of rotatable bonds is 11. The summed E-state index contributed by atoms with van der Waals surface area (Å²) in [6.07, 6.45) is 1.48. The second-order valence-electron chi connectivity index (χ2n) is 12.0. The maximum atomic E-state index is 13.9. The predicted molar refractivity (Wildman–Crippen MR) is 180 cm³/mol. The van der Waals surface area contributed by atoms with Crippen molar-refractivity contribution in [3.8, 4) is 0 Å². The zero-order valence-corrected chi connectivity index (χ0v) is 26.8. The molecule has 0 spiro atoms. The highest BCUT2D eigenvalue weighted by Crippen LogP contribution is 2.28. The summed E-state index contributed by atoms with van der Waals surface area (Å²) in [5.41, 5.74) is 1.60. The zero-order valence-electron chi connectivity index (χ0n) is 26.8. The number of aromatic amines is 1. The van der Waals surface area contributed by atoms with Crippen LogP contribution in [0.4, 0.5) is 10.6 Å². The molecule has 1 aromatic heterocycles. The van der Waals surface area contributed by atoms with Gasteiger partial charge in [0.25, 0.3) is 5.91 Å². The fourth-order valence-electron chi connectivity index (χ4n) is 6.08. The van der Waals surface area contributed by atoms with Crippen LogP contribution in [0.2, 0.25) is 0 Å². The van der Waals surface area contributed by atoms with Crippen molar-refractivity contribution in [1.29, 1.82) is 0 Å². The molecule has 5 rings (SSSR count). The number of urea groups is 1. The summed E-state index contributed by atoms with van der Waals surface area (Å²) in [4.78, 5) is 73.5. The summed E-state index contributed by atoms with van der Waals surface area (Å²) in [6.45, 7) is 5.32. The summed E-state index contributed by atoms with van der Waals surface area (Å²) >= 11 is 0. The topological polar surface area (TPSA) is 174 Å². The minimum absolute atomic E-state index is 0.0300. The van der Waals surface area contributed by atoms with Gasteiger partial charge in [0.15, 0.2) is 5.78 Å². The molecule has 0 bridgehead atoms. The average molecular weight is 651 g/mol. The number of benzene rings is 3. The van der Waals surface area contributed by atoms with E-state index < -0.39 is 35.2 Å². The number of carbonyl (C=O) groups excluding carboxylic acids is 3. The van der Waals surface area contributed by atoms with Gasteiger partial charge < -0.3 is 21.1 Å². The fraction of sp³-hybridized carbons (Fsp3) is 0.278. The van der Waals surface area contributed by atoms with Gasteiger partial charge in [-0.15, -0.1) is 0 Å². The molecule has 1 atom stereocenters. The van der Waals surface area contributed by atoms with Crippen molar-refractivity contribution in [3.63, 3.8) is 0 Å². The van der Waals surface area contributed by atoms with Crippen LogP contribution in [-0.4, -0.2) is 68.3 Å². The van der Waals surface area contributed by atoms with Crippen molar-refractivity contribution in [2.24, 2.45) is 0 Å². The molecule has 12 nitrogen and oxygen atoms in total. The predicted octanol–water partition coefficient (Wildman–Crippen LogP) is 3.85. The molecule has 12 heteroatoms. The summed E-state index contributed by atoms with van der Waals surface area (Å²) in [7, 11) is 0. The van der Waals surface area contributed by atoms with Crippen molar-refractivity contribution < 1.29 is 24.3 Å². The molecular formula is C36H38N6O6. The number of carboxylic acids is 1. The molecule has 4 aromatic rings. The molecule has 0 aliphatic carbocycles. The molecule has 1 saturated heterocycles. The Labute approximate surface area is 277 Å². The number of hydrogen-bond donors (Lipinski definition) is 5. The number of piperidine rings is 1. The quantitative estimate of drug-likeness (QED) is 0.152. The van der Waals surface area contributed by atoms with E-state index in [2.05, 4.69) is 30.8 Å². The van der Waals surface area contributed by atoms with Crippen LogP contribution in [0.1, 0.15) is 55.8 Å². The van der Waals surface area contributed by atoms with Crippen LogP contribution in [0.15, 0.2) is 89.9 Å². The van der Waals surface area contributed by atoms with Crippen LogP contribution in [-0.2, 0) is 17.8 Å². The smallest absolute Gasteiger partial charge is 0.346 e. The van der Waals surface area contributed by atoms with Gasteiger partial charge in [-0.05, 0) is 43.4 Å². The van der Waals surface area contributed by atoms with Gasteiger partial charge in [-0.1, -0.05) is 78.9 Å². The lowest BCUT2D eigenvalue weighted by Crippen LogP contribution is -2.63. The van der Waals surface area contributed by atoms with Crippen molar-refractivity contribution in [1.82, 2.24) is 25.5 Å². The van der Waals surface area contributed by atoms with E-state index in [1.54, 1.807) is 56.3 Å². The number of hydrogen-bond acceptors (Lipinski definition) is 7. The second-order valence-corrected chi connectivity index (χ2v) is 12.0. The standard InChI is InChI=1S/C36H38N6O6/c1-23-10-9-11-24(2)29(23)32(44)39-31-27(21-37-34(47)40-31)20-28(33(45)46)38-35(48)41-36(30(43)26-14-7-4-8-15-26)16-18-42(19-17-36)22-25-12-5-3-6-13-25/h3-15,21,28H,16-20,22H2,1-2H3,(H,45,46)(H2,38,41,48)(H2,37,39,40,44,47). The van der Waals surface area contributed by atoms with E-state index in [4.69, 9.17) is 0 Å².